The van der Waals surface area contributed by atoms with Gasteiger partial charge >= 0.3 is 5.97 Å². The van der Waals surface area contributed by atoms with Crippen molar-refractivity contribution in [2.45, 2.75) is 18.9 Å². The molecule has 0 saturated carbocycles. The van der Waals surface area contributed by atoms with Crippen molar-refractivity contribution in [1.82, 2.24) is 0 Å². The Kier molecular flexibility index (Phi) is 6.45. The Morgan fingerprint density at radius 3 is 2.40 bits per heavy atom. The second kappa shape index (κ2) is 9.03. The number of methoxy groups -OCH3 is 2. The molecule has 1 aromatic heterocycles. The fraction of sp³-hybridized carbons (Fsp3) is 0.273. The third kappa shape index (κ3) is 4.48. The number of carbonyl (C=O) groups excluding carboxylic acids is 1. The van der Waals surface area contributed by atoms with Gasteiger partial charge in [0.1, 0.15) is 5.75 Å². The first kappa shape index (κ1) is 21.4. The Morgan fingerprint density at radius 2 is 1.80 bits per heavy atom. The summed E-state index contributed by atoms with van der Waals surface area (Å²) < 4.78 is 22.5. The van der Waals surface area contributed by atoms with E-state index in [-0.39, 0.29) is 6.42 Å². The Balaban J connectivity index is 1.94. The van der Waals surface area contributed by atoms with E-state index in [0.29, 0.717) is 22.8 Å². The minimum atomic E-state index is -1.38. The first-order chi connectivity index (χ1) is 14.4. The van der Waals surface area contributed by atoms with Crippen LogP contribution < -0.4 is 14.2 Å². The highest BCUT2D eigenvalue weighted by molar-refractivity contribution is 7.19. The van der Waals surface area contributed by atoms with E-state index in [1.807, 2.05) is 24.3 Å². The second-order valence-corrected chi connectivity index (χ2v) is 7.83. The maximum atomic E-state index is 12.6. The molecule has 30 heavy (non-hydrogen) atoms. The number of benzene rings is 2. The molecule has 0 aliphatic carbocycles. The van der Waals surface area contributed by atoms with E-state index < -0.39 is 18.4 Å². The van der Waals surface area contributed by atoms with Crippen molar-refractivity contribution in [3.63, 3.8) is 0 Å². The van der Waals surface area contributed by atoms with Crippen LogP contribution in [0.25, 0.3) is 10.1 Å². The zero-order chi connectivity index (χ0) is 21.7. The number of thiophene rings is 1. The molecule has 156 valence electrons. The van der Waals surface area contributed by atoms with Crippen molar-refractivity contribution in [2.75, 3.05) is 21.0 Å². The molecule has 1 atom stereocenters. The first-order valence-corrected chi connectivity index (χ1v) is 9.86. The maximum absolute atomic E-state index is 12.6. The van der Waals surface area contributed by atoms with Gasteiger partial charge in [-0.1, -0.05) is 0 Å². The number of hydrogen-bond donors (Lipinski definition) is 1. The summed E-state index contributed by atoms with van der Waals surface area (Å²) >= 11 is 1.50. The van der Waals surface area contributed by atoms with Crippen LogP contribution in [0.2, 0.25) is 0 Å². The van der Waals surface area contributed by atoms with E-state index in [2.05, 4.69) is 0 Å². The molecule has 0 amide bonds. The number of rotatable bonds is 8. The highest BCUT2D eigenvalue weighted by Gasteiger charge is 2.38. The van der Waals surface area contributed by atoms with E-state index in [1.54, 1.807) is 45.4 Å². The highest BCUT2D eigenvalue weighted by atomic mass is 32.1. The first-order valence-electron chi connectivity index (χ1n) is 9.04. The van der Waals surface area contributed by atoms with Crippen molar-refractivity contribution in [1.29, 1.82) is 5.26 Å². The van der Waals surface area contributed by atoms with E-state index in [0.717, 1.165) is 15.0 Å². The number of esters is 1. The predicted molar refractivity (Wildman–Crippen MR) is 112 cm³/mol. The van der Waals surface area contributed by atoms with Gasteiger partial charge in [-0.05, 0) is 48.7 Å². The molecule has 7 nitrogen and oxygen atoms in total. The number of ether oxygens (including phenoxy) is 4. The molecule has 1 N–H and O–H groups in total. The molecule has 1 unspecified atom stereocenters. The topological polar surface area (TPSA) is 98.0 Å². The molecule has 0 saturated heterocycles. The highest BCUT2D eigenvalue weighted by Crippen LogP contribution is 2.38. The number of carbonyl (C=O) groups is 1. The van der Waals surface area contributed by atoms with Crippen LogP contribution in [-0.2, 0) is 16.0 Å². The largest absolute Gasteiger partial charge is 0.493 e. The minimum absolute atomic E-state index is 0.218. The minimum Gasteiger partial charge on any atom is -0.493 e. The van der Waals surface area contributed by atoms with Gasteiger partial charge < -0.3 is 24.1 Å². The number of nitriles is 1. The zero-order valence-corrected chi connectivity index (χ0v) is 17.6. The van der Waals surface area contributed by atoms with E-state index >= 15 is 0 Å². The van der Waals surface area contributed by atoms with Gasteiger partial charge in [0.05, 0.1) is 25.9 Å². The van der Waals surface area contributed by atoms with E-state index in [9.17, 15) is 4.79 Å². The summed E-state index contributed by atoms with van der Waals surface area (Å²) in [6.07, 6.45) is 0.218. The molecule has 0 spiro atoms. The quantitative estimate of drug-likeness (QED) is 0.433. The lowest BCUT2D eigenvalue weighted by atomic mass is 10.0. The van der Waals surface area contributed by atoms with Crippen molar-refractivity contribution < 1.29 is 28.8 Å². The molecule has 0 aliphatic heterocycles. The van der Waals surface area contributed by atoms with Crippen LogP contribution in [0, 0.1) is 11.3 Å². The van der Waals surface area contributed by atoms with Crippen LogP contribution in [-0.4, -0.2) is 37.7 Å². The number of aliphatic hydroxyl groups excluding tert-OH is 1. The fourth-order valence-corrected chi connectivity index (χ4v) is 4.28. The molecular weight excluding hydrogens is 406 g/mol. The van der Waals surface area contributed by atoms with Crippen LogP contribution in [0.15, 0.2) is 42.5 Å². The van der Waals surface area contributed by atoms with Crippen LogP contribution in [0.5, 0.6) is 17.2 Å². The van der Waals surface area contributed by atoms with E-state index in [4.69, 9.17) is 29.3 Å². The maximum Gasteiger partial charge on any atom is 0.352 e. The van der Waals surface area contributed by atoms with Crippen molar-refractivity contribution in [3.8, 4) is 23.3 Å². The molecule has 0 bridgehead atoms. The monoisotopic (exact) mass is 427 g/mol. The van der Waals surface area contributed by atoms with Gasteiger partial charge in [-0.25, -0.2) is 4.79 Å². The molecule has 0 aliphatic rings. The van der Waals surface area contributed by atoms with Gasteiger partial charge in [-0.3, -0.25) is 0 Å². The Morgan fingerprint density at radius 1 is 1.13 bits per heavy atom. The zero-order valence-electron chi connectivity index (χ0n) is 16.8. The summed E-state index contributed by atoms with van der Waals surface area (Å²) in [5.41, 5.74) is -0.902. The molecule has 2 aromatic carbocycles. The molecular formula is C22H21NO6S. The summed E-state index contributed by atoms with van der Waals surface area (Å²) in [6, 6.07) is 14.2. The molecule has 3 aromatic rings. The third-order valence-corrected chi connectivity index (χ3v) is 5.64. The fourth-order valence-electron chi connectivity index (χ4n) is 3.06. The van der Waals surface area contributed by atoms with Crippen molar-refractivity contribution >= 4 is 27.4 Å². The Labute approximate surface area is 178 Å². The summed E-state index contributed by atoms with van der Waals surface area (Å²) in [5.74, 6) is 0.957. The summed E-state index contributed by atoms with van der Waals surface area (Å²) in [5, 5.41) is 19.0. The lowest BCUT2D eigenvalue weighted by molar-refractivity contribution is -0.169. The van der Waals surface area contributed by atoms with Crippen molar-refractivity contribution in [2.24, 2.45) is 0 Å². The average Bonchev–Trinajstić information content (AvgIpc) is 3.13. The van der Waals surface area contributed by atoms with Crippen LogP contribution >= 0.6 is 11.3 Å². The SMILES string of the molecule is COc1cc2cc(CC(C)(Oc3ccc(C#N)cc3)C(=O)OCO)sc2cc1OC. The predicted octanol–water partition coefficient (Wildman–Crippen LogP) is 3.66. The van der Waals surface area contributed by atoms with Gasteiger partial charge in [0.2, 0.25) is 5.60 Å². The van der Waals surface area contributed by atoms with Gasteiger partial charge in [0, 0.05) is 22.1 Å². The smallest absolute Gasteiger partial charge is 0.352 e. The average molecular weight is 427 g/mol. The Hall–Kier alpha value is -3.28. The molecule has 1 heterocycles. The van der Waals surface area contributed by atoms with E-state index in [1.165, 1.54) is 11.3 Å². The van der Waals surface area contributed by atoms with Crippen LogP contribution in [0.4, 0.5) is 0 Å². The summed E-state index contributed by atoms with van der Waals surface area (Å²) in [7, 11) is 3.15. The lowest BCUT2D eigenvalue weighted by Crippen LogP contribution is -2.45. The molecule has 0 fully saturated rings. The van der Waals surface area contributed by atoms with Crippen molar-refractivity contribution in [3.05, 3.63) is 52.9 Å². The van der Waals surface area contributed by atoms with Gasteiger partial charge in [-0.15, -0.1) is 11.3 Å². The molecule has 8 heteroatoms. The molecule has 3 rings (SSSR count). The third-order valence-electron chi connectivity index (χ3n) is 4.54. The molecule has 0 radical (unpaired) electrons. The van der Waals surface area contributed by atoms with Crippen LogP contribution in [0.3, 0.4) is 0 Å². The van der Waals surface area contributed by atoms with Gasteiger partial charge in [-0.2, -0.15) is 5.26 Å². The number of fused-ring (bicyclic) bond motifs is 1. The number of aliphatic hydroxyl groups is 1. The Bertz CT molecular complexity index is 1040. The standard InChI is InChI=1S/C22H21NO6S/c1-22(21(25)28-13-24,29-16-6-4-14(12-23)5-7-16)11-17-8-15-9-18(26-2)19(27-3)10-20(15)30-17/h4-10,24H,11,13H2,1-3H3. The summed E-state index contributed by atoms with van der Waals surface area (Å²) in [6.45, 7) is 0.862. The van der Waals surface area contributed by atoms with Gasteiger partial charge in [0.15, 0.2) is 18.3 Å². The van der Waals surface area contributed by atoms with Crippen LogP contribution in [0.1, 0.15) is 17.4 Å². The lowest BCUT2D eigenvalue weighted by Gasteiger charge is -2.27. The summed E-state index contributed by atoms with van der Waals surface area (Å²) in [4.78, 5) is 13.5. The van der Waals surface area contributed by atoms with Gasteiger partial charge in [0.25, 0.3) is 0 Å². The number of nitrogens with zero attached hydrogens (tertiary/aromatic N) is 1. The second-order valence-electron chi connectivity index (χ2n) is 6.66. The normalized spacial score (nSPS) is 12.6. The number of hydrogen-bond acceptors (Lipinski definition) is 8.